The molecule has 0 atom stereocenters. The van der Waals surface area contributed by atoms with Crippen LogP contribution >= 0.6 is 46.7 Å². The summed E-state index contributed by atoms with van der Waals surface area (Å²) in [4.78, 5) is 0. The van der Waals surface area contributed by atoms with Crippen molar-refractivity contribution in [1.29, 1.82) is 0 Å². The van der Waals surface area contributed by atoms with Gasteiger partial charge in [0.25, 0.3) is 0 Å². The molecule has 1 nitrogen and oxygen atoms in total. The molecule has 0 saturated heterocycles. The number of halogens is 2. The maximum absolute atomic E-state index is 10.3. The Morgan fingerprint density at radius 2 is 1.50 bits per heavy atom. The van der Waals surface area contributed by atoms with E-state index in [0.29, 0.717) is 10.0 Å². The van der Waals surface area contributed by atoms with Crippen LogP contribution in [0.3, 0.4) is 0 Å². The molecular weight excluding hydrogens is 355 g/mol. The van der Waals surface area contributed by atoms with Gasteiger partial charge in [0, 0.05) is 22.1 Å². The van der Waals surface area contributed by atoms with Crippen molar-refractivity contribution < 1.29 is 5.11 Å². The molecular formula is C17H16Cl2OS2. The number of phenols is 1. The zero-order chi connectivity index (χ0) is 15.9. The quantitative estimate of drug-likeness (QED) is 0.618. The fraction of sp³-hybridized carbons (Fsp3) is 0.294. The summed E-state index contributed by atoms with van der Waals surface area (Å²) in [5.74, 6) is 2.00. The molecule has 0 bridgehead atoms. The molecule has 0 saturated carbocycles. The van der Waals surface area contributed by atoms with Gasteiger partial charge in [0.2, 0.25) is 0 Å². The van der Waals surface area contributed by atoms with Crippen molar-refractivity contribution in [2.75, 3.05) is 0 Å². The molecule has 2 aromatic rings. The van der Waals surface area contributed by atoms with Crippen molar-refractivity contribution in [3.05, 3.63) is 62.1 Å². The van der Waals surface area contributed by atoms with Crippen LogP contribution in [0.1, 0.15) is 32.4 Å². The van der Waals surface area contributed by atoms with Gasteiger partial charge in [-0.3, -0.25) is 0 Å². The van der Waals surface area contributed by atoms with Crippen molar-refractivity contribution in [3.63, 3.8) is 0 Å². The zero-order valence-electron chi connectivity index (χ0n) is 12.3. The first kappa shape index (κ1) is 16.4. The Balaban J connectivity index is 1.92. The van der Waals surface area contributed by atoms with Gasteiger partial charge in [0.15, 0.2) is 0 Å². The Bertz CT molecular complexity index is 698. The number of aromatic hydroxyl groups is 1. The number of hydrogen-bond acceptors (Lipinski definition) is 3. The molecule has 2 aromatic carbocycles. The average molecular weight is 371 g/mol. The summed E-state index contributed by atoms with van der Waals surface area (Å²) in [5, 5.41) is 11.1. The number of aryl methyl sites for hydroxylation is 2. The van der Waals surface area contributed by atoms with Crippen molar-refractivity contribution in [1.82, 2.24) is 0 Å². The third-order valence-electron chi connectivity index (χ3n) is 3.91. The summed E-state index contributed by atoms with van der Waals surface area (Å²) >= 11 is 15.8. The summed E-state index contributed by atoms with van der Waals surface area (Å²) in [6.07, 6.45) is 0. The lowest BCUT2D eigenvalue weighted by molar-refractivity contribution is 0.470. The number of thioether (sulfide) groups is 2. The van der Waals surface area contributed by atoms with Crippen LogP contribution in [0.25, 0.3) is 0 Å². The molecule has 22 heavy (non-hydrogen) atoms. The summed E-state index contributed by atoms with van der Waals surface area (Å²) in [7, 11) is 0. The average Bonchev–Trinajstić information content (AvgIpc) is 2.66. The van der Waals surface area contributed by atoms with Gasteiger partial charge in [0.05, 0.1) is 9.60 Å². The Labute approximate surface area is 149 Å². The minimum absolute atomic E-state index is 0.129. The first-order valence-corrected chi connectivity index (χ1v) is 9.81. The monoisotopic (exact) mass is 370 g/mol. The van der Waals surface area contributed by atoms with Gasteiger partial charge in [-0.1, -0.05) is 35.3 Å². The topological polar surface area (TPSA) is 20.2 Å². The van der Waals surface area contributed by atoms with Crippen LogP contribution in [0, 0.1) is 13.8 Å². The van der Waals surface area contributed by atoms with Crippen LogP contribution in [0.4, 0.5) is 0 Å². The second-order valence-electron chi connectivity index (χ2n) is 5.48. The van der Waals surface area contributed by atoms with Crippen LogP contribution in [-0.2, 0) is 11.5 Å². The van der Waals surface area contributed by atoms with Crippen LogP contribution in [0.5, 0.6) is 5.75 Å². The van der Waals surface area contributed by atoms with E-state index in [1.54, 1.807) is 6.07 Å². The van der Waals surface area contributed by atoms with Gasteiger partial charge in [-0.25, -0.2) is 0 Å². The summed E-state index contributed by atoms with van der Waals surface area (Å²) in [5.41, 5.74) is 6.24. The molecule has 0 spiro atoms. The minimum Gasteiger partial charge on any atom is -0.506 e. The van der Waals surface area contributed by atoms with E-state index in [0.717, 1.165) is 17.1 Å². The van der Waals surface area contributed by atoms with Gasteiger partial charge in [-0.05, 0) is 48.2 Å². The smallest absolute Gasteiger partial charge is 0.139 e. The highest BCUT2D eigenvalue weighted by Gasteiger charge is 2.23. The zero-order valence-corrected chi connectivity index (χ0v) is 15.5. The van der Waals surface area contributed by atoms with Gasteiger partial charge in [-0.2, -0.15) is 0 Å². The van der Waals surface area contributed by atoms with E-state index in [2.05, 4.69) is 26.0 Å². The van der Waals surface area contributed by atoms with E-state index >= 15 is 0 Å². The molecule has 1 aliphatic rings. The van der Waals surface area contributed by atoms with Crippen molar-refractivity contribution in [2.24, 2.45) is 0 Å². The van der Waals surface area contributed by atoms with E-state index in [-0.39, 0.29) is 10.3 Å². The van der Waals surface area contributed by atoms with Crippen LogP contribution in [0.15, 0.2) is 24.3 Å². The molecule has 5 heteroatoms. The lowest BCUT2D eigenvalue weighted by Crippen LogP contribution is -1.92. The maximum atomic E-state index is 10.3. The Hall–Kier alpha value is -0.480. The van der Waals surface area contributed by atoms with E-state index in [9.17, 15) is 5.11 Å². The third-order valence-corrected chi connectivity index (χ3v) is 7.30. The van der Waals surface area contributed by atoms with Crippen LogP contribution in [-0.4, -0.2) is 5.11 Å². The molecule has 3 rings (SSSR count). The van der Waals surface area contributed by atoms with E-state index in [1.807, 2.05) is 29.6 Å². The van der Waals surface area contributed by atoms with Gasteiger partial charge < -0.3 is 5.11 Å². The summed E-state index contributed by atoms with van der Waals surface area (Å²) < 4.78 is 0.129. The molecule has 0 aromatic heterocycles. The number of fused-ring (bicyclic) bond motifs is 1. The van der Waals surface area contributed by atoms with E-state index < -0.39 is 0 Å². The molecule has 1 N–H and O–H groups in total. The molecule has 0 aliphatic carbocycles. The number of rotatable bonds is 1. The Kier molecular flexibility index (Phi) is 4.89. The molecule has 116 valence electrons. The second-order valence-corrected chi connectivity index (χ2v) is 8.81. The van der Waals surface area contributed by atoms with Gasteiger partial charge in [-0.15, -0.1) is 23.5 Å². The number of benzene rings is 2. The maximum Gasteiger partial charge on any atom is 0.139 e. The normalized spacial score (nSPS) is 15.5. The molecule has 0 radical (unpaired) electrons. The molecule has 1 heterocycles. The predicted molar refractivity (Wildman–Crippen MR) is 99.4 cm³/mol. The summed E-state index contributed by atoms with van der Waals surface area (Å²) in [6, 6.07) is 7.96. The standard InChI is InChI=1S/C17H16Cl2OS2/c1-9-3-11-7-21-17(22-8-12(11)4-10(9)2)14-5-13(18)6-15(19)16(14)20/h3-6,17,20H,7-8H2,1-2H3. The first-order valence-electron chi connectivity index (χ1n) is 6.96. The largest absolute Gasteiger partial charge is 0.506 e. The number of phenolic OH excluding ortho intramolecular Hbond substituents is 1. The lowest BCUT2D eigenvalue weighted by atomic mass is 10.0. The van der Waals surface area contributed by atoms with Gasteiger partial charge in [0.1, 0.15) is 5.75 Å². The van der Waals surface area contributed by atoms with E-state index in [4.69, 9.17) is 23.2 Å². The molecule has 0 amide bonds. The highest BCUT2D eigenvalue weighted by atomic mass is 35.5. The van der Waals surface area contributed by atoms with E-state index in [1.165, 1.54) is 22.3 Å². The molecule has 1 aliphatic heterocycles. The SMILES string of the molecule is Cc1cc2c(cc1C)CSC(c1cc(Cl)cc(Cl)c1O)SC2. The highest BCUT2D eigenvalue weighted by Crippen LogP contribution is 2.50. The molecule has 0 unspecified atom stereocenters. The lowest BCUT2D eigenvalue weighted by Gasteiger charge is -2.16. The highest BCUT2D eigenvalue weighted by molar-refractivity contribution is 8.15. The number of hydrogen-bond donors (Lipinski definition) is 1. The Morgan fingerprint density at radius 3 is 2.05 bits per heavy atom. The van der Waals surface area contributed by atoms with Crippen molar-refractivity contribution in [2.45, 2.75) is 29.9 Å². The van der Waals surface area contributed by atoms with Gasteiger partial charge >= 0.3 is 0 Å². The van der Waals surface area contributed by atoms with Crippen molar-refractivity contribution in [3.8, 4) is 5.75 Å². The minimum atomic E-state index is 0.129. The summed E-state index contributed by atoms with van der Waals surface area (Å²) in [6.45, 7) is 4.30. The fourth-order valence-electron chi connectivity index (χ4n) is 2.53. The third kappa shape index (κ3) is 3.23. The van der Waals surface area contributed by atoms with Crippen LogP contribution in [0.2, 0.25) is 10.0 Å². The molecule has 0 fully saturated rings. The Morgan fingerprint density at radius 1 is 0.955 bits per heavy atom. The second kappa shape index (κ2) is 6.56. The first-order chi connectivity index (χ1) is 10.5. The van der Waals surface area contributed by atoms with Crippen LogP contribution < -0.4 is 0 Å². The predicted octanol–water partition coefficient (Wildman–Crippen LogP) is 6.49. The fourth-order valence-corrected chi connectivity index (χ4v) is 5.75. The van der Waals surface area contributed by atoms with Crippen molar-refractivity contribution >= 4 is 46.7 Å².